The number of nitriles is 1. The van der Waals surface area contributed by atoms with Gasteiger partial charge >= 0.3 is 0 Å². The van der Waals surface area contributed by atoms with Gasteiger partial charge in [-0.3, -0.25) is 9.78 Å². The smallest absolute Gasteiger partial charge is 0.270 e. The molecule has 24 heavy (non-hydrogen) atoms. The minimum absolute atomic E-state index is 0.0325. The summed E-state index contributed by atoms with van der Waals surface area (Å²) >= 11 is 5.12. The molecule has 0 amide bonds. The molecule has 0 saturated heterocycles. The number of fused-ring (bicyclic) bond motifs is 2. The fourth-order valence-electron chi connectivity index (χ4n) is 3.06. The van der Waals surface area contributed by atoms with E-state index in [0.717, 1.165) is 27.1 Å². The summed E-state index contributed by atoms with van der Waals surface area (Å²) in [6, 6.07) is 19.9. The van der Waals surface area contributed by atoms with Gasteiger partial charge in [0.15, 0.2) is 4.77 Å². The number of rotatable bonds is 1. The zero-order valence-electron chi connectivity index (χ0n) is 12.5. The van der Waals surface area contributed by atoms with Crippen molar-refractivity contribution < 1.29 is 0 Å². The van der Waals surface area contributed by atoms with Crippen LogP contribution in [0, 0.1) is 16.1 Å². The lowest BCUT2D eigenvalue weighted by Crippen LogP contribution is -2.13. The molecule has 0 fully saturated rings. The van der Waals surface area contributed by atoms with E-state index in [-0.39, 0.29) is 10.3 Å². The summed E-state index contributed by atoms with van der Waals surface area (Å²) in [7, 11) is 0. The second kappa shape index (κ2) is 5.44. The van der Waals surface area contributed by atoms with E-state index < -0.39 is 5.56 Å². The molecule has 4 nitrogen and oxygen atoms in total. The Labute approximate surface area is 142 Å². The average molecular weight is 329 g/mol. The van der Waals surface area contributed by atoms with E-state index in [4.69, 9.17) is 12.2 Å². The zero-order chi connectivity index (χ0) is 16.7. The SMILES string of the molecule is N#Cc1c(-c2c3ccccc3cc3ccccc23)[nH]c(=S)[nH]c1=O. The summed E-state index contributed by atoms with van der Waals surface area (Å²) in [4.78, 5) is 17.7. The molecule has 0 aliphatic heterocycles. The Morgan fingerprint density at radius 2 is 1.50 bits per heavy atom. The fourth-order valence-corrected chi connectivity index (χ4v) is 3.26. The van der Waals surface area contributed by atoms with Crippen LogP contribution < -0.4 is 5.56 Å². The molecule has 0 saturated carbocycles. The fraction of sp³-hybridized carbons (Fsp3) is 0. The van der Waals surface area contributed by atoms with Gasteiger partial charge in [0.2, 0.25) is 0 Å². The third-order valence-corrected chi connectivity index (χ3v) is 4.28. The molecule has 1 aromatic heterocycles. The van der Waals surface area contributed by atoms with Gasteiger partial charge in [-0.15, -0.1) is 0 Å². The maximum absolute atomic E-state index is 12.2. The molecule has 3 aromatic carbocycles. The predicted molar refractivity (Wildman–Crippen MR) is 97.4 cm³/mol. The Morgan fingerprint density at radius 3 is 2.08 bits per heavy atom. The molecule has 0 spiro atoms. The summed E-state index contributed by atoms with van der Waals surface area (Å²) in [5.74, 6) is 0. The second-order valence-electron chi connectivity index (χ2n) is 5.46. The second-order valence-corrected chi connectivity index (χ2v) is 5.87. The summed E-state index contributed by atoms with van der Waals surface area (Å²) < 4.78 is 0.200. The predicted octanol–water partition coefficient (Wildman–Crippen LogP) is 4.28. The van der Waals surface area contributed by atoms with Crippen molar-refractivity contribution in [3.8, 4) is 17.3 Å². The summed E-state index contributed by atoms with van der Waals surface area (Å²) in [6.07, 6.45) is 0. The van der Waals surface area contributed by atoms with Crippen LogP contribution in [0.5, 0.6) is 0 Å². The molecular weight excluding hydrogens is 318 g/mol. The third-order valence-electron chi connectivity index (χ3n) is 4.08. The van der Waals surface area contributed by atoms with Crippen molar-refractivity contribution in [2.24, 2.45) is 0 Å². The number of hydrogen-bond acceptors (Lipinski definition) is 3. The molecule has 114 valence electrons. The molecule has 0 radical (unpaired) electrons. The minimum atomic E-state index is -0.478. The van der Waals surface area contributed by atoms with Crippen LogP contribution in [-0.2, 0) is 0 Å². The van der Waals surface area contributed by atoms with Crippen molar-refractivity contribution in [3.05, 3.63) is 75.3 Å². The standard InChI is InChI=1S/C19H11N3OS/c20-10-15-17(21-19(24)22-18(15)23)16-13-7-3-1-5-11(13)9-12-6-2-4-8-14(12)16/h1-9H,(H2,21,22,23,24). The number of aromatic nitrogens is 2. The van der Waals surface area contributed by atoms with Gasteiger partial charge in [0.1, 0.15) is 11.6 Å². The Balaban J connectivity index is 2.31. The van der Waals surface area contributed by atoms with Gasteiger partial charge in [0.25, 0.3) is 5.56 Å². The first-order valence-corrected chi connectivity index (χ1v) is 7.77. The molecular formula is C19H11N3OS. The Morgan fingerprint density at radius 1 is 0.917 bits per heavy atom. The van der Waals surface area contributed by atoms with Crippen molar-refractivity contribution in [1.29, 1.82) is 5.26 Å². The van der Waals surface area contributed by atoms with E-state index in [2.05, 4.69) is 16.0 Å². The van der Waals surface area contributed by atoms with Gasteiger partial charge in [-0.1, -0.05) is 48.5 Å². The van der Waals surface area contributed by atoms with Crippen LogP contribution in [0.4, 0.5) is 0 Å². The van der Waals surface area contributed by atoms with Gasteiger partial charge in [0.05, 0.1) is 5.69 Å². The lowest BCUT2D eigenvalue weighted by atomic mass is 9.93. The van der Waals surface area contributed by atoms with E-state index in [0.29, 0.717) is 5.69 Å². The van der Waals surface area contributed by atoms with Gasteiger partial charge in [-0.25, -0.2) is 0 Å². The molecule has 5 heteroatoms. The first-order valence-electron chi connectivity index (χ1n) is 7.36. The lowest BCUT2D eigenvalue weighted by molar-refractivity contribution is 1.08. The normalized spacial score (nSPS) is 10.8. The number of benzene rings is 3. The van der Waals surface area contributed by atoms with Crippen LogP contribution in [-0.4, -0.2) is 9.97 Å². The minimum Gasteiger partial charge on any atom is -0.331 e. The number of nitrogens with one attached hydrogen (secondary N) is 2. The zero-order valence-corrected chi connectivity index (χ0v) is 13.3. The average Bonchev–Trinajstić information content (AvgIpc) is 2.59. The van der Waals surface area contributed by atoms with Crippen LogP contribution >= 0.6 is 12.2 Å². The molecule has 0 aliphatic carbocycles. The monoisotopic (exact) mass is 329 g/mol. The molecule has 4 rings (SSSR count). The molecule has 0 atom stereocenters. The van der Waals surface area contributed by atoms with Crippen molar-refractivity contribution in [1.82, 2.24) is 9.97 Å². The van der Waals surface area contributed by atoms with Gasteiger partial charge in [-0.05, 0) is 39.8 Å². The van der Waals surface area contributed by atoms with Crippen LogP contribution in [0.25, 0.3) is 32.8 Å². The van der Waals surface area contributed by atoms with E-state index >= 15 is 0 Å². The molecule has 2 N–H and O–H groups in total. The van der Waals surface area contributed by atoms with Gasteiger partial charge in [0, 0.05) is 5.56 Å². The quantitative estimate of drug-likeness (QED) is 0.404. The van der Waals surface area contributed by atoms with E-state index in [1.54, 1.807) is 0 Å². The van der Waals surface area contributed by atoms with Crippen molar-refractivity contribution in [2.45, 2.75) is 0 Å². The van der Waals surface area contributed by atoms with E-state index in [1.807, 2.05) is 54.6 Å². The lowest BCUT2D eigenvalue weighted by Gasteiger charge is -2.12. The van der Waals surface area contributed by atoms with Crippen LogP contribution in [0.1, 0.15) is 5.56 Å². The highest BCUT2D eigenvalue weighted by Crippen LogP contribution is 2.35. The summed E-state index contributed by atoms with van der Waals surface area (Å²) in [5.41, 5.74) is 0.829. The van der Waals surface area contributed by atoms with Crippen LogP contribution in [0.15, 0.2) is 59.4 Å². The van der Waals surface area contributed by atoms with Crippen molar-refractivity contribution in [3.63, 3.8) is 0 Å². The van der Waals surface area contributed by atoms with E-state index in [9.17, 15) is 10.1 Å². The largest absolute Gasteiger partial charge is 0.331 e. The molecule has 1 heterocycles. The van der Waals surface area contributed by atoms with Crippen LogP contribution in [0.2, 0.25) is 0 Å². The van der Waals surface area contributed by atoms with Crippen LogP contribution in [0.3, 0.4) is 0 Å². The van der Waals surface area contributed by atoms with E-state index in [1.165, 1.54) is 0 Å². The molecule has 0 aliphatic rings. The number of nitrogens with zero attached hydrogens (tertiary/aromatic N) is 1. The molecule has 4 aromatic rings. The molecule has 0 unspecified atom stereocenters. The Hall–Kier alpha value is -3.23. The summed E-state index contributed by atoms with van der Waals surface area (Å²) in [6.45, 7) is 0. The van der Waals surface area contributed by atoms with Crippen molar-refractivity contribution >= 4 is 33.8 Å². The highest BCUT2D eigenvalue weighted by Gasteiger charge is 2.16. The Bertz CT molecular complexity index is 1210. The number of aromatic amines is 2. The highest BCUT2D eigenvalue weighted by molar-refractivity contribution is 7.71. The highest BCUT2D eigenvalue weighted by atomic mass is 32.1. The molecule has 0 bridgehead atoms. The first kappa shape index (κ1) is 14.4. The maximum Gasteiger partial charge on any atom is 0.270 e. The number of hydrogen-bond donors (Lipinski definition) is 2. The Kier molecular flexibility index (Phi) is 3.26. The first-order chi connectivity index (χ1) is 11.7. The van der Waals surface area contributed by atoms with Gasteiger partial charge in [-0.2, -0.15) is 5.26 Å². The number of H-pyrrole nitrogens is 2. The maximum atomic E-state index is 12.2. The third kappa shape index (κ3) is 2.13. The summed E-state index contributed by atoms with van der Waals surface area (Å²) in [5, 5.41) is 13.5. The van der Waals surface area contributed by atoms with Crippen molar-refractivity contribution in [2.75, 3.05) is 0 Å². The topological polar surface area (TPSA) is 72.4 Å². The van der Waals surface area contributed by atoms with Gasteiger partial charge < -0.3 is 4.98 Å².